The highest BCUT2D eigenvalue weighted by Gasteiger charge is 2.31. The molecule has 108 valence electrons. The van der Waals surface area contributed by atoms with Crippen LogP contribution in [0.3, 0.4) is 0 Å². The summed E-state index contributed by atoms with van der Waals surface area (Å²) in [6, 6.07) is 6.07. The van der Waals surface area contributed by atoms with Gasteiger partial charge in [0.15, 0.2) is 8.32 Å². The van der Waals surface area contributed by atoms with Crippen LogP contribution in [0.1, 0.15) is 31.9 Å². The SMILES string of the molecule is CC(C)(C)O[Si](C)(C)Cc1ccc(C(F)(F)F)cc1. The first-order valence-corrected chi connectivity index (χ1v) is 9.37. The van der Waals surface area contributed by atoms with Crippen LogP contribution in [0.5, 0.6) is 0 Å². The fraction of sp³-hybridized carbons (Fsp3) is 0.571. The van der Waals surface area contributed by atoms with Crippen LogP contribution in [0, 0.1) is 0 Å². The second kappa shape index (κ2) is 5.29. The normalized spacial score (nSPS) is 13.7. The van der Waals surface area contributed by atoms with Crippen LogP contribution >= 0.6 is 0 Å². The Morgan fingerprint density at radius 3 is 1.84 bits per heavy atom. The first-order chi connectivity index (χ1) is 8.39. The molecule has 0 aliphatic carbocycles. The van der Waals surface area contributed by atoms with Gasteiger partial charge >= 0.3 is 6.18 Å². The van der Waals surface area contributed by atoms with Crippen LogP contribution in [0.2, 0.25) is 13.1 Å². The lowest BCUT2D eigenvalue weighted by atomic mass is 10.1. The molecule has 1 rings (SSSR count). The largest absolute Gasteiger partial charge is 0.416 e. The van der Waals surface area contributed by atoms with Crippen molar-refractivity contribution in [1.82, 2.24) is 0 Å². The molecule has 0 saturated carbocycles. The molecule has 1 aromatic rings. The number of benzene rings is 1. The topological polar surface area (TPSA) is 9.23 Å². The summed E-state index contributed by atoms with van der Waals surface area (Å²) in [5, 5.41) is 0. The van der Waals surface area contributed by atoms with Crippen LogP contribution in [-0.4, -0.2) is 13.9 Å². The molecule has 1 nitrogen and oxygen atoms in total. The first-order valence-electron chi connectivity index (χ1n) is 6.25. The fourth-order valence-electron chi connectivity index (χ4n) is 2.17. The quantitative estimate of drug-likeness (QED) is 0.726. The van der Waals surface area contributed by atoms with Gasteiger partial charge < -0.3 is 4.43 Å². The van der Waals surface area contributed by atoms with Gasteiger partial charge in [0.2, 0.25) is 0 Å². The highest BCUT2D eigenvalue weighted by molar-refractivity contribution is 6.70. The molecule has 0 fully saturated rings. The average molecular weight is 290 g/mol. The molecule has 0 N–H and O–H groups in total. The molecule has 0 atom stereocenters. The molecule has 0 bridgehead atoms. The Kier molecular flexibility index (Phi) is 4.52. The molecule has 19 heavy (non-hydrogen) atoms. The highest BCUT2D eigenvalue weighted by Crippen LogP contribution is 2.29. The maximum absolute atomic E-state index is 12.5. The van der Waals surface area contributed by atoms with E-state index in [1.807, 2.05) is 20.8 Å². The molecule has 1 aromatic carbocycles. The molecule has 0 aromatic heterocycles. The summed E-state index contributed by atoms with van der Waals surface area (Å²) in [6.45, 7) is 10.1. The van der Waals surface area contributed by atoms with E-state index in [2.05, 4.69) is 13.1 Å². The molecule has 0 aliphatic rings. The van der Waals surface area contributed by atoms with Crippen molar-refractivity contribution in [3.8, 4) is 0 Å². The molecule has 0 amide bonds. The van der Waals surface area contributed by atoms with E-state index in [1.54, 1.807) is 12.1 Å². The van der Waals surface area contributed by atoms with Crippen LogP contribution < -0.4 is 0 Å². The average Bonchev–Trinajstić information content (AvgIpc) is 2.11. The lowest BCUT2D eigenvalue weighted by molar-refractivity contribution is -0.137. The molecule has 0 spiro atoms. The third-order valence-electron chi connectivity index (χ3n) is 2.49. The Balaban J connectivity index is 2.78. The van der Waals surface area contributed by atoms with Gasteiger partial charge in [-0.3, -0.25) is 0 Å². The van der Waals surface area contributed by atoms with Crippen molar-refractivity contribution in [2.75, 3.05) is 0 Å². The number of alkyl halides is 3. The monoisotopic (exact) mass is 290 g/mol. The van der Waals surface area contributed by atoms with E-state index >= 15 is 0 Å². The highest BCUT2D eigenvalue weighted by atomic mass is 28.4. The lowest BCUT2D eigenvalue weighted by Gasteiger charge is -2.32. The minimum Gasteiger partial charge on any atom is -0.412 e. The second-order valence-electron chi connectivity index (χ2n) is 6.35. The number of halogens is 3. The zero-order chi connectivity index (χ0) is 14.9. The van der Waals surface area contributed by atoms with Gasteiger partial charge in [-0.05, 0) is 57.6 Å². The molecule has 0 heterocycles. The molecule has 0 saturated heterocycles. The fourth-order valence-corrected chi connectivity index (χ4v) is 5.12. The number of rotatable bonds is 3. The van der Waals surface area contributed by atoms with Gasteiger partial charge in [-0.1, -0.05) is 12.1 Å². The summed E-state index contributed by atoms with van der Waals surface area (Å²) in [7, 11) is -1.92. The van der Waals surface area contributed by atoms with Crippen molar-refractivity contribution >= 4 is 8.32 Å². The van der Waals surface area contributed by atoms with Crippen molar-refractivity contribution in [1.29, 1.82) is 0 Å². The van der Waals surface area contributed by atoms with Crippen molar-refractivity contribution in [3.05, 3.63) is 35.4 Å². The van der Waals surface area contributed by atoms with Gasteiger partial charge in [0.05, 0.1) is 5.56 Å². The molecule has 0 aliphatic heterocycles. The van der Waals surface area contributed by atoms with Gasteiger partial charge in [0.25, 0.3) is 0 Å². The maximum Gasteiger partial charge on any atom is 0.416 e. The van der Waals surface area contributed by atoms with E-state index in [0.29, 0.717) is 6.04 Å². The lowest BCUT2D eigenvalue weighted by Crippen LogP contribution is -2.41. The van der Waals surface area contributed by atoms with Gasteiger partial charge in [-0.15, -0.1) is 0 Å². The minimum absolute atomic E-state index is 0.221. The van der Waals surface area contributed by atoms with E-state index in [0.717, 1.165) is 17.7 Å². The Morgan fingerprint density at radius 2 is 1.47 bits per heavy atom. The van der Waals surface area contributed by atoms with Gasteiger partial charge in [-0.2, -0.15) is 13.2 Å². The number of hydrogen-bond acceptors (Lipinski definition) is 1. The standard InChI is InChI=1S/C14H21F3OSi/c1-13(2,3)18-19(4,5)10-11-6-8-12(9-7-11)14(15,16)17/h6-9H,10H2,1-5H3. The van der Waals surface area contributed by atoms with Crippen molar-refractivity contribution in [2.45, 2.75) is 51.7 Å². The third kappa shape index (κ3) is 5.78. The van der Waals surface area contributed by atoms with E-state index < -0.39 is 20.1 Å². The van der Waals surface area contributed by atoms with E-state index in [4.69, 9.17) is 4.43 Å². The van der Waals surface area contributed by atoms with Crippen LogP contribution in [0.4, 0.5) is 13.2 Å². The van der Waals surface area contributed by atoms with Crippen LogP contribution in [0.25, 0.3) is 0 Å². The summed E-state index contributed by atoms with van der Waals surface area (Å²) in [5.74, 6) is 0. The van der Waals surface area contributed by atoms with Crippen molar-refractivity contribution in [2.24, 2.45) is 0 Å². The summed E-state index contributed by atoms with van der Waals surface area (Å²) < 4.78 is 43.4. The smallest absolute Gasteiger partial charge is 0.412 e. The predicted octanol–water partition coefficient (Wildman–Crippen LogP) is 4.81. The van der Waals surface area contributed by atoms with E-state index in [-0.39, 0.29) is 5.60 Å². The Morgan fingerprint density at radius 1 is 1.00 bits per heavy atom. The molecule has 0 unspecified atom stereocenters. The maximum atomic E-state index is 12.5. The molecule has 5 heteroatoms. The van der Waals surface area contributed by atoms with Crippen LogP contribution in [-0.2, 0) is 16.6 Å². The summed E-state index contributed by atoms with van der Waals surface area (Å²) >= 11 is 0. The zero-order valence-electron chi connectivity index (χ0n) is 12.1. The first kappa shape index (κ1) is 16.2. The number of hydrogen-bond donors (Lipinski definition) is 0. The van der Waals surface area contributed by atoms with Gasteiger partial charge in [0.1, 0.15) is 0 Å². The van der Waals surface area contributed by atoms with E-state index in [1.165, 1.54) is 0 Å². The Labute approximate surface area is 113 Å². The molecular weight excluding hydrogens is 269 g/mol. The summed E-state index contributed by atoms with van der Waals surface area (Å²) in [5.41, 5.74) is 0.0723. The molecule has 0 radical (unpaired) electrons. The predicted molar refractivity (Wildman–Crippen MR) is 73.5 cm³/mol. The third-order valence-corrected chi connectivity index (χ3v) is 4.92. The van der Waals surface area contributed by atoms with E-state index in [9.17, 15) is 13.2 Å². The Bertz CT molecular complexity index is 416. The zero-order valence-corrected chi connectivity index (χ0v) is 13.1. The van der Waals surface area contributed by atoms with Crippen LogP contribution in [0.15, 0.2) is 24.3 Å². The van der Waals surface area contributed by atoms with Gasteiger partial charge in [-0.25, -0.2) is 0 Å². The summed E-state index contributed by atoms with van der Waals surface area (Å²) in [6.07, 6.45) is -4.27. The Hall–Kier alpha value is -0.813. The summed E-state index contributed by atoms with van der Waals surface area (Å²) in [4.78, 5) is 0. The van der Waals surface area contributed by atoms with Gasteiger partial charge in [0, 0.05) is 5.60 Å². The second-order valence-corrected chi connectivity index (χ2v) is 10.4. The minimum atomic E-state index is -4.27. The van der Waals surface area contributed by atoms with Crippen molar-refractivity contribution in [3.63, 3.8) is 0 Å². The van der Waals surface area contributed by atoms with Crippen molar-refractivity contribution < 1.29 is 17.6 Å². The molecular formula is C14H21F3OSi.